The summed E-state index contributed by atoms with van der Waals surface area (Å²) in [5.74, 6) is 0.155. The van der Waals surface area contributed by atoms with E-state index in [0.29, 0.717) is 0 Å². The smallest absolute Gasteiger partial charge is 0.237 e. The highest BCUT2D eigenvalue weighted by atomic mass is 35.5. The van der Waals surface area contributed by atoms with Gasteiger partial charge in [-0.3, -0.25) is 9.69 Å². The van der Waals surface area contributed by atoms with Crippen LogP contribution in [0.5, 0.6) is 0 Å². The Labute approximate surface area is 107 Å². The maximum Gasteiger partial charge on any atom is 0.237 e. The van der Waals surface area contributed by atoms with Gasteiger partial charge in [-0.1, -0.05) is 6.08 Å². The van der Waals surface area contributed by atoms with Crippen molar-refractivity contribution < 1.29 is 4.79 Å². The van der Waals surface area contributed by atoms with Crippen LogP contribution in [0.25, 0.3) is 0 Å². The molecule has 0 saturated carbocycles. The molecule has 0 aliphatic carbocycles. The maximum atomic E-state index is 11.4. The molecule has 1 fully saturated rings. The first kappa shape index (κ1) is 13.9. The van der Waals surface area contributed by atoms with Gasteiger partial charge in [-0.05, 0) is 18.1 Å². The van der Waals surface area contributed by atoms with Crippen LogP contribution in [-0.4, -0.2) is 60.6 Å². The van der Waals surface area contributed by atoms with Crippen LogP contribution in [0, 0.1) is 0 Å². The van der Waals surface area contributed by atoms with Gasteiger partial charge < -0.3 is 4.90 Å². The number of hydrogen-bond acceptors (Lipinski definition) is 3. The van der Waals surface area contributed by atoms with Crippen LogP contribution in [0.15, 0.2) is 11.0 Å². The lowest BCUT2D eigenvalue weighted by molar-refractivity contribution is -0.130. The number of rotatable bonds is 4. The molecule has 1 heterocycles. The van der Waals surface area contributed by atoms with Crippen molar-refractivity contribution in [2.24, 2.45) is 0 Å². The van der Waals surface area contributed by atoms with Gasteiger partial charge in [0.05, 0.1) is 0 Å². The third-order valence-corrected chi connectivity index (χ3v) is 3.92. The lowest BCUT2D eigenvalue weighted by Gasteiger charge is -2.34. The largest absolute Gasteiger partial charge is 0.339 e. The fourth-order valence-electron chi connectivity index (χ4n) is 1.73. The molecule has 0 aromatic rings. The van der Waals surface area contributed by atoms with E-state index < -0.39 is 0 Å². The molecule has 0 atom stereocenters. The van der Waals surface area contributed by atoms with Gasteiger partial charge in [0.2, 0.25) is 5.91 Å². The summed E-state index contributed by atoms with van der Waals surface area (Å²) in [6.07, 6.45) is 4.25. The van der Waals surface area contributed by atoms with Crippen molar-refractivity contribution in [1.29, 1.82) is 0 Å². The quantitative estimate of drug-likeness (QED) is 0.720. The molecule has 0 aromatic carbocycles. The Kier molecular flexibility index (Phi) is 6.24. The Morgan fingerprint density at radius 2 is 2.00 bits per heavy atom. The summed E-state index contributed by atoms with van der Waals surface area (Å²) < 4.78 is 0. The van der Waals surface area contributed by atoms with E-state index in [1.54, 1.807) is 11.8 Å². The van der Waals surface area contributed by atoms with Gasteiger partial charge in [0.25, 0.3) is 0 Å². The van der Waals surface area contributed by atoms with Crippen LogP contribution in [0.1, 0.15) is 6.92 Å². The van der Waals surface area contributed by atoms with Crippen molar-refractivity contribution in [3.05, 3.63) is 11.0 Å². The molecule has 0 unspecified atom stereocenters. The van der Waals surface area contributed by atoms with Crippen LogP contribution in [0.3, 0.4) is 0 Å². The van der Waals surface area contributed by atoms with E-state index in [0.717, 1.165) is 32.7 Å². The van der Waals surface area contributed by atoms with Gasteiger partial charge >= 0.3 is 0 Å². The van der Waals surface area contributed by atoms with Crippen molar-refractivity contribution in [2.45, 2.75) is 6.92 Å². The number of carbonyl (C=O) groups excluding carboxylic acids is 1. The molecular formula is C11H19ClN2OS. The molecule has 3 nitrogen and oxygen atoms in total. The average Bonchev–Trinajstić information content (AvgIpc) is 2.35. The Morgan fingerprint density at radius 3 is 2.44 bits per heavy atom. The molecule has 0 N–H and O–H groups in total. The second-order valence-corrected chi connectivity index (χ2v) is 4.95. The molecule has 0 bridgehead atoms. The number of allylic oxidation sites excluding steroid dienone is 1. The SMILES string of the molecule is CC=C(CN1CCN(C(=O)CCl)CC1)SC. The molecule has 92 valence electrons. The zero-order valence-corrected chi connectivity index (χ0v) is 11.5. The molecule has 0 radical (unpaired) electrons. The number of hydrogen-bond donors (Lipinski definition) is 0. The molecule has 1 saturated heterocycles. The standard InChI is InChI=1S/C11H19ClN2OS/c1-3-10(16-2)9-13-4-6-14(7-5-13)11(15)8-12/h3H,4-9H2,1-2H3. The van der Waals surface area contributed by atoms with Crippen LogP contribution in [0.2, 0.25) is 0 Å². The Bertz CT molecular complexity index is 263. The third-order valence-electron chi connectivity index (χ3n) is 2.80. The Balaban J connectivity index is 2.35. The van der Waals surface area contributed by atoms with Crippen molar-refractivity contribution in [3.8, 4) is 0 Å². The number of piperazine rings is 1. The highest BCUT2D eigenvalue weighted by Gasteiger charge is 2.20. The van der Waals surface area contributed by atoms with E-state index >= 15 is 0 Å². The number of carbonyl (C=O) groups is 1. The number of thioether (sulfide) groups is 1. The summed E-state index contributed by atoms with van der Waals surface area (Å²) in [4.78, 5) is 17.0. The topological polar surface area (TPSA) is 23.6 Å². The molecule has 5 heteroatoms. The van der Waals surface area contributed by atoms with E-state index in [9.17, 15) is 4.79 Å². The number of halogens is 1. The lowest BCUT2D eigenvalue weighted by atomic mass is 10.3. The first-order valence-corrected chi connectivity index (χ1v) is 7.22. The van der Waals surface area contributed by atoms with Crippen LogP contribution in [0.4, 0.5) is 0 Å². The molecule has 1 aliphatic rings. The minimum Gasteiger partial charge on any atom is -0.339 e. The molecule has 1 aliphatic heterocycles. The second kappa shape index (κ2) is 7.20. The molecule has 0 aromatic heterocycles. The highest BCUT2D eigenvalue weighted by Crippen LogP contribution is 2.14. The minimum atomic E-state index is 0.0532. The molecule has 16 heavy (non-hydrogen) atoms. The Hall–Kier alpha value is -0.190. The van der Waals surface area contributed by atoms with Gasteiger partial charge in [0, 0.05) is 32.7 Å². The number of nitrogens with zero attached hydrogens (tertiary/aromatic N) is 2. The zero-order chi connectivity index (χ0) is 12.0. The van der Waals surface area contributed by atoms with Gasteiger partial charge in [-0.25, -0.2) is 0 Å². The molecule has 0 spiro atoms. The fraction of sp³-hybridized carbons (Fsp3) is 0.727. The minimum absolute atomic E-state index is 0.0532. The van der Waals surface area contributed by atoms with Gasteiger partial charge in [0.15, 0.2) is 0 Å². The molecular weight excluding hydrogens is 244 g/mol. The lowest BCUT2D eigenvalue weighted by Crippen LogP contribution is -2.49. The van der Waals surface area contributed by atoms with Crippen LogP contribution < -0.4 is 0 Å². The fourth-order valence-corrected chi connectivity index (χ4v) is 2.45. The van der Waals surface area contributed by atoms with E-state index in [4.69, 9.17) is 11.6 Å². The first-order chi connectivity index (χ1) is 7.71. The third kappa shape index (κ3) is 4.00. The Morgan fingerprint density at radius 1 is 1.38 bits per heavy atom. The zero-order valence-electron chi connectivity index (χ0n) is 9.91. The van der Waals surface area contributed by atoms with Gasteiger partial charge in [-0.15, -0.1) is 23.4 Å². The average molecular weight is 263 g/mol. The summed E-state index contributed by atoms with van der Waals surface area (Å²) in [6.45, 7) is 6.56. The monoisotopic (exact) mass is 262 g/mol. The van der Waals surface area contributed by atoms with Crippen LogP contribution in [-0.2, 0) is 4.79 Å². The second-order valence-electron chi connectivity index (χ2n) is 3.75. The predicted octanol–water partition coefficient (Wildman–Crippen LogP) is 1.64. The summed E-state index contributed by atoms with van der Waals surface area (Å²) in [5, 5.41) is 0. The van der Waals surface area contributed by atoms with Crippen molar-refractivity contribution in [2.75, 3.05) is 44.9 Å². The van der Waals surface area contributed by atoms with Crippen LogP contribution >= 0.6 is 23.4 Å². The highest BCUT2D eigenvalue weighted by molar-refractivity contribution is 8.02. The molecule has 1 amide bonds. The summed E-state index contributed by atoms with van der Waals surface area (Å²) in [7, 11) is 0. The normalized spacial score (nSPS) is 18.9. The summed E-state index contributed by atoms with van der Waals surface area (Å²) in [6, 6.07) is 0. The van der Waals surface area contributed by atoms with E-state index in [2.05, 4.69) is 24.2 Å². The van der Waals surface area contributed by atoms with Crippen molar-refractivity contribution >= 4 is 29.3 Å². The van der Waals surface area contributed by atoms with Crippen molar-refractivity contribution in [3.63, 3.8) is 0 Å². The van der Waals surface area contributed by atoms with Gasteiger partial charge in [0.1, 0.15) is 5.88 Å². The first-order valence-electron chi connectivity index (χ1n) is 5.46. The van der Waals surface area contributed by atoms with E-state index in [-0.39, 0.29) is 11.8 Å². The predicted molar refractivity (Wildman–Crippen MR) is 71.0 cm³/mol. The van der Waals surface area contributed by atoms with E-state index in [1.165, 1.54) is 4.91 Å². The van der Waals surface area contributed by atoms with Crippen molar-refractivity contribution in [1.82, 2.24) is 9.80 Å². The van der Waals surface area contributed by atoms with Gasteiger partial charge in [-0.2, -0.15) is 0 Å². The summed E-state index contributed by atoms with van der Waals surface area (Å²) >= 11 is 7.33. The maximum absolute atomic E-state index is 11.4. The number of alkyl halides is 1. The van der Waals surface area contributed by atoms with E-state index in [1.807, 2.05) is 4.90 Å². The number of amides is 1. The summed E-state index contributed by atoms with van der Waals surface area (Å²) in [5.41, 5.74) is 0. The molecule has 1 rings (SSSR count).